The monoisotopic (exact) mass is 373 g/mol. The van der Waals surface area contributed by atoms with Crippen molar-refractivity contribution in [3.63, 3.8) is 0 Å². The number of hydrogen-bond donors (Lipinski definition) is 0. The molecule has 1 amide bonds. The van der Waals surface area contributed by atoms with Crippen molar-refractivity contribution in [3.8, 4) is 0 Å². The van der Waals surface area contributed by atoms with Crippen LogP contribution >= 0.6 is 0 Å². The molecule has 2 aromatic rings. The van der Waals surface area contributed by atoms with Crippen molar-refractivity contribution in [1.82, 2.24) is 15.0 Å². The Bertz CT molecular complexity index is 735. The minimum Gasteiger partial charge on any atom is -0.467 e. The van der Waals surface area contributed by atoms with Gasteiger partial charge in [-0.15, -0.1) is 0 Å². The number of carbonyl (C=O) groups excluding carboxylic acids is 1. The highest BCUT2D eigenvalue weighted by Crippen LogP contribution is 2.25. The molecule has 2 aliphatic rings. The van der Waals surface area contributed by atoms with E-state index in [-0.39, 0.29) is 5.91 Å². The molecule has 0 unspecified atom stereocenters. The van der Waals surface area contributed by atoms with Gasteiger partial charge in [0.05, 0.1) is 26.0 Å². The summed E-state index contributed by atoms with van der Waals surface area (Å²) >= 11 is 0. The number of furan rings is 1. The first kappa shape index (κ1) is 18.3. The Morgan fingerprint density at radius 3 is 2.89 bits per heavy atom. The third-order valence-corrected chi connectivity index (χ3v) is 5.37. The van der Waals surface area contributed by atoms with E-state index in [0.29, 0.717) is 18.8 Å². The van der Waals surface area contributed by atoms with E-state index in [0.717, 1.165) is 82.0 Å². The van der Waals surface area contributed by atoms with Gasteiger partial charge in [0.1, 0.15) is 11.5 Å². The topological polar surface area (TPSA) is 72.0 Å². The van der Waals surface area contributed by atoms with Gasteiger partial charge in [0.2, 0.25) is 0 Å². The van der Waals surface area contributed by atoms with E-state index >= 15 is 0 Å². The van der Waals surface area contributed by atoms with Crippen LogP contribution in [0.4, 0.5) is 0 Å². The molecular weight excluding hydrogens is 346 g/mol. The predicted molar refractivity (Wildman–Crippen MR) is 98.5 cm³/mol. The molecule has 1 saturated heterocycles. The summed E-state index contributed by atoms with van der Waals surface area (Å²) in [4.78, 5) is 17.4. The average molecular weight is 373 g/mol. The predicted octanol–water partition coefficient (Wildman–Crippen LogP) is 2.51. The Morgan fingerprint density at radius 1 is 1.22 bits per heavy atom. The smallest absolute Gasteiger partial charge is 0.276 e. The van der Waals surface area contributed by atoms with E-state index in [1.54, 1.807) is 6.26 Å². The zero-order valence-corrected chi connectivity index (χ0v) is 15.7. The molecular formula is C20H27N3O4. The minimum atomic E-state index is -0.0553. The summed E-state index contributed by atoms with van der Waals surface area (Å²) in [5.41, 5.74) is 1.49. The lowest BCUT2D eigenvalue weighted by molar-refractivity contribution is 0.0354. The molecule has 0 radical (unpaired) electrons. The fourth-order valence-corrected chi connectivity index (χ4v) is 3.86. The van der Waals surface area contributed by atoms with Gasteiger partial charge in [-0.2, -0.15) is 0 Å². The molecule has 146 valence electrons. The summed E-state index contributed by atoms with van der Waals surface area (Å²) < 4.78 is 16.3. The second-order valence-corrected chi connectivity index (χ2v) is 7.25. The molecule has 0 N–H and O–H groups in total. The number of aryl methyl sites for hydroxylation is 1. The van der Waals surface area contributed by atoms with Crippen molar-refractivity contribution >= 4 is 5.91 Å². The number of amides is 1. The van der Waals surface area contributed by atoms with Crippen LogP contribution in [0.1, 0.15) is 46.8 Å². The first-order valence-corrected chi connectivity index (χ1v) is 9.90. The fourth-order valence-electron chi connectivity index (χ4n) is 3.86. The molecule has 0 saturated carbocycles. The van der Waals surface area contributed by atoms with Crippen LogP contribution in [-0.2, 0) is 24.1 Å². The molecule has 4 rings (SSSR count). The maximum absolute atomic E-state index is 13.2. The van der Waals surface area contributed by atoms with Gasteiger partial charge in [-0.3, -0.25) is 9.69 Å². The van der Waals surface area contributed by atoms with Crippen LogP contribution in [0.25, 0.3) is 0 Å². The van der Waals surface area contributed by atoms with Crippen LogP contribution in [0.2, 0.25) is 0 Å². The van der Waals surface area contributed by atoms with Crippen LogP contribution in [0.15, 0.2) is 27.3 Å². The lowest BCUT2D eigenvalue weighted by Crippen LogP contribution is -2.39. The van der Waals surface area contributed by atoms with Gasteiger partial charge in [0.15, 0.2) is 5.69 Å². The third kappa shape index (κ3) is 4.42. The number of rotatable bonds is 7. The minimum absolute atomic E-state index is 0.0553. The van der Waals surface area contributed by atoms with Crippen LogP contribution in [0.3, 0.4) is 0 Å². The van der Waals surface area contributed by atoms with Crippen molar-refractivity contribution in [3.05, 3.63) is 41.2 Å². The fraction of sp³-hybridized carbons (Fsp3) is 0.600. The van der Waals surface area contributed by atoms with E-state index < -0.39 is 0 Å². The normalized spacial score (nSPS) is 17.6. The molecule has 0 atom stereocenters. The first-order valence-electron chi connectivity index (χ1n) is 9.90. The van der Waals surface area contributed by atoms with Gasteiger partial charge in [0.25, 0.3) is 5.91 Å². The number of carbonyl (C=O) groups is 1. The third-order valence-electron chi connectivity index (χ3n) is 5.37. The summed E-state index contributed by atoms with van der Waals surface area (Å²) in [6.45, 7) is 5.59. The maximum Gasteiger partial charge on any atom is 0.276 e. The molecule has 0 bridgehead atoms. The molecule has 1 aliphatic carbocycles. The molecule has 1 fully saturated rings. The highest BCUT2D eigenvalue weighted by molar-refractivity contribution is 5.93. The standard InChI is InChI=1S/C20H27N3O4/c24-20(19-17-6-1-2-7-18(17)27-21-19)23(15-16-5-3-12-26-16)9-4-8-22-10-13-25-14-11-22/h3,5,12H,1-2,4,6-11,13-15H2. The van der Waals surface area contributed by atoms with Gasteiger partial charge in [0, 0.05) is 38.2 Å². The Balaban J connectivity index is 1.43. The van der Waals surface area contributed by atoms with E-state index in [1.807, 2.05) is 17.0 Å². The zero-order valence-electron chi connectivity index (χ0n) is 15.7. The molecule has 1 aliphatic heterocycles. The lowest BCUT2D eigenvalue weighted by Gasteiger charge is -2.28. The number of hydrogen-bond acceptors (Lipinski definition) is 6. The van der Waals surface area contributed by atoms with Crippen molar-refractivity contribution in [2.24, 2.45) is 0 Å². The average Bonchev–Trinajstić information content (AvgIpc) is 3.37. The van der Waals surface area contributed by atoms with Crippen LogP contribution in [0, 0.1) is 0 Å². The highest BCUT2D eigenvalue weighted by atomic mass is 16.5. The Morgan fingerprint density at radius 2 is 2.07 bits per heavy atom. The van der Waals surface area contributed by atoms with Crippen LogP contribution in [0.5, 0.6) is 0 Å². The second-order valence-electron chi connectivity index (χ2n) is 7.25. The second kappa shape index (κ2) is 8.71. The number of fused-ring (bicyclic) bond motifs is 1. The van der Waals surface area contributed by atoms with Crippen LogP contribution in [-0.4, -0.2) is 60.3 Å². The van der Waals surface area contributed by atoms with Gasteiger partial charge >= 0.3 is 0 Å². The van der Waals surface area contributed by atoms with Crippen molar-refractivity contribution in [2.45, 2.75) is 38.6 Å². The van der Waals surface area contributed by atoms with Crippen molar-refractivity contribution in [1.29, 1.82) is 0 Å². The zero-order chi connectivity index (χ0) is 18.5. The Hall–Kier alpha value is -2.12. The quantitative estimate of drug-likeness (QED) is 0.743. The van der Waals surface area contributed by atoms with Gasteiger partial charge in [-0.25, -0.2) is 0 Å². The lowest BCUT2D eigenvalue weighted by atomic mass is 9.96. The van der Waals surface area contributed by atoms with Crippen molar-refractivity contribution in [2.75, 3.05) is 39.4 Å². The Kier molecular flexibility index (Phi) is 5.89. The van der Waals surface area contributed by atoms with E-state index in [1.165, 1.54) is 0 Å². The van der Waals surface area contributed by atoms with Crippen LogP contribution < -0.4 is 0 Å². The number of aromatic nitrogens is 1. The van der Waals surface area contributed by atoms with E-state index in [9.17, 15) is 4.79 Å². The largest absolute Gasteiger partial charge is 0.467 e. The molecule has 2 aromatic heterocycles. The van der Waals surface area contributed by atoms with Crippen molar-refractivity contribution < 1.29 is 18.5 Å². The summed E-state index contributed by atoms with van der Waals surface area (Å²) in [5.74, 6) is 1.61. The molecule has 0 aromatic carbocycles. The first-order chi connectivity index (χ1) is 13.3. The van der Waals surface area contributed by atoms with Gasteiger partial charge in [-0.05, 0) is 37.8 Å². The summed E-state index contributed by atoms with van der Waals surface area (Å²) in [6, 6.07) is 3.75. The highest BCUT2D eigenvalue weighted by Gasteiger charge is 2.28. The SMILES string of the molecule is O=C(c1noc2c1CCCC2)N(CCCN1CCOCC1)Cc1ccco1. The summed E-state index contributed by atoms with van der Waals surface area (Å²) in [7, 11) is 0. The number of ether oxygens (including phenoxy) is 1. The summed E-state index contributed by atoms with van der Waals surface area (Å²) in [6.07, 6.45) is 6.50. The molecule has 7 nitrogen and oxygen atoms in total. The Labute approximate surface area is 159 Å². The summed E-state index contributed by atoms with van der Waals surface area (Å²) in [5, 5.41) is 4.12. The molecule has 27 heavy (non-hydrogen) atoms. The van der Waals surface area contributed by atoms with Gasteiger partial charge < -0.3 is 18.6 Å². The number of nitrogens with zero attached hydrogens (tertiary/aromatic N) is 3. The van der Waals surface area contributed by atoms with Gasteiger partial charge in [-0.1, -0.05) is 5.16 Å². The number of morpholine rings is 1. The molecule has 0 spiro atoms. The van der Waals surface area contributed by atoms with E-state index in [2.05, 4.69) is 10.1 Å². The maximum atomic E-state index is 13.2. The molecule has 7 heteroatoms. The van der Waals surface area contributed by atoms with E-state index in [4.69, 9.17) is 13.7 Å². The molecule has 3 heterocycles.